The first-order valence-electron chi connectivity index (χ1n) is 14.5. The fourth-order valence-electron chi connectivity index (χ4n) is 6.24. The zero-order valence-corrected chi connectivity index (χ0v) is 24.5. The molecule has 3 aliphatic rings. The van der Waals surface area contributed by atoms with E-state index < -0.39 is 6.03 Å². The van der Waals surface area contributed by atoms with Crippen molar-refractivity contribution in [3.05, 3.63) is 100.0 Å². The van der Waals surface area contributed by atoms with Crippen LogP contribution in [0.5, 0.6) is 5.75 Å². The van der Waals surface area contributed by atoms with Crippen molar-refractivity contribution >= 4 is 29.4 Å². The number of imide groups is 1. The minimum absolute atomic E-state index is 0.0702. The van der Waals surface area contributed by atoms with Crippen molar-refractivity contribution in [3.8, 4) is 17.1 Å². The van der Waals surface area contributed by atoms with Gasteiger partial charge in [-0.05, 0) is 65.8 Å². The number of carbonyl (C=O) groups is 2. The number of aromatic nitrogens is 2. The monoisotopic (exact) mass is 599 g/mol. The number of anilines is 1. The van der Waals surface area contributed by atoms with E-state index in [1.807, 2.05) is 23.7 Å². The molecule has 1 unspecified atom stereocenters. The second kappa shape index (κ2) is 11.1. The van der Waals surface area contributed by atoms with E-state index in [0.717, 1.165) is 24.5 Å². The molecule has 220 valence electrons. The number of nitrogens with zero attached hydrogens (tertiary/aromatic N) is 4. The Kier molecular flexibility index (Phi) is 7.15. The van der Waals surface area contributed by atoms with Gasteiger partial charge in [0.25, 0.3) is 0 Å². The second-order valence-electron chi connectivity index (χ2n) is 11.5. The molecule has 4 aromatic rings. The van der Waals surface area contributed by atoms with Gasteiger partial charge in [0.05, 0.1) is 11.2 Å². The summed E-state index contributed by atoms with van der Waals surface area (Å²) in [6, 6.07) is 19.1. The van der Waals surface area contributed by atoms with Crippen LogP contribution < -0.4 is 15.0 Å². The van der Waals surface area contributed by atoms with Crippen molar-refractivity contribution in [3.63, 3.8) is 0 Å². The molecule has 3 heterocycles. The number of fused-ring (bicyclic) bond motifs is 1. The molecule has 1 saturated carbocycles. The molecule has 43 heavy (non-hydrogen) atoms. The maximum atomic E-state index is 14.1. The van der Waals surface area contributed by atoms with E-state index in [4.69, 9.17) is 16.3 Å². The van der Waals surface area contributed by atoms with Gasteiger partial charge < -0.3 is 9.30 Å². The van der Waals surface area contributed by atoms with Gasteiger partial charge in [-0.1, -0.05) is 41.9 Å². The first-order valence-corrected chi connectivity index (χ1v) is 14.9. The van der Waals surface area contributed by atoms with E-state index in [2.05, 4.69) is 45.5 Å². The number of ether oxygens (including phenoxy) is 1. The number of hydrogen-bond acceptors (Lipinski definition) is 5. The normalized spacial score (nSPS) is 18.6. The highest BCUT2D eigenvalue weighted by atomic mass is 35.5. The van der Waals surface area contributed by atoms with E-state index in [1.54, 1.807) is 23.2 Å². The summed E-state index contributed by atoms with van der Waals surface area (Å²) in [7, 11) is 1.90. The van der Waals surface area contributed by atoms with Gasteiger partial charge >= 0.3 is 6.03 Å². The minimum Gasteiger partial charge on any atom is -0.489 e. The van der Waals surface area contributed by atoms with Crippen LogP contribution in [0.1, 0.15) is 47.6 Å². The predicted octanol–water partition coefficient (Wildman–Crippen LogP) is 6.37. The lowest BCUT2D eigenvalue weighted by molar-refractivity contribution is -0.120. The summed E-state index contributed by atoms with van der Waals surface area (Å²) in [5, 5.41) is 2.74. The lowest BCUT2D eigenvalue weighted by atomic mass is 9.98. The Morgan fingerprint density at radius 2 is 1.91 bits per heavy atom. The number of urea groups is 1. The van der Waals surface area contributed by atoms with Gasteiger partial charge in [0.1, 0.15) is 29.8 Å². The van der Waals surface area contributed by atoms with Gasteiger partial charge in [-0.2, -0.15) is 0 Å². The molecule has 1 N–H and O–H groups in total. The molecule has 1 aromatic heterocycles. The zero-order chi connectivity index (χ0) is 29.7. The minimum atomic E-state index is -0.418. The number of amides is 3. The zero-order valence-electron chi connectivity index (χ0n) is 23.7. The molecule has 2 fully saturated rings. The smallest absolute Gasteiger partial charge is 0.329 e. The molecule has 1 atom stereocenters. The van der Waals surface area contributed by atoms with E-state index in [-0.39, 0.29) is 24.8 Å². The quantitative estimate of drug-likeness (QED) is 0.255. The Morgan fingerprint density at radius 3 is 2.65 bits per heavy atom. The molecule has 7 rings (SSSR count). The second-order valence-corrected chi connectivity index (χ2v) is 11.9. The lowest BCUT2D eigenvalue weighted by Crippen LogP contribution is -2.50. The number of carbonyl (C=O) groups excluding carboxylic acids is 2. The highest BCUT2D eigenvalue weighted by Crippen LogP contribution is 2.50. The van der Waals surface area contributed by atoms with Gasteiger partial charge in [0.2, 0.25) is 5.91 Å². The van der Waals surface area contributed by atoms with Crippen molar-refractivity contribution in [1.29, 1.82) is 0 Å². The van der Waals surface area contributed by atoms with Crippen molar-refractivity contribution in [1.82, 2.24) is 19.8 Å². The largest absolute Gasteiger partial charge is 0.489 e. The molecule has 0 spiro atoms. The molecule has 8 nitrogen and oxygen atoms in total. The summed E-state index contributed by atoms with van der Waals surface area (Å²) in [4.78, 5) is 32.8. The summed E-state index contributed by atoms with van der Waals surface area (Å²) in [5.41, 5.74) is 5.20. The highest BCUT2D eigenvalue weighted by molar-refractivity contribution is 6.31. The predicted molar refractivity (Wildman–Crippen MR) is 161 cm³/mol. The number of nitrogens with one attached hydrogen (secondary N) is 1. The number of hydrogen-bond donors (Lipinski definition) is 1. The van der Waals surface area contributed by atoms with Crippen LogP contribution in [0.2, 0.25) is 5.02 Å². The SMILES string of the molecule is Cn1c(N2CCC(=O)NC2=O)cnc1-c1ccc2c(c1)C(C1CC1)N(Cc1ccc(OCc3c(F)cccc3Cl)cc1)C2. The molecule has 1 aliphatic carbocycles. The third kappa shape index (κ3) is 5.39. The molecule has 3 aromatic carbocycles. The number of imidazole rings is 1. The molecule has 10 heteroatoms. The maximum absolute atomic E-state index is 14.1. The highest BCUT2D eigenvalue weighted by Gasteiger charge is 2.41. The van der Waals surface area contributed by atoms with Crippen LogP contribution >= 0.6 is 11.6 Å². The summed E-state index contributed by atoms with van der Waals surface area (Å²) in [5.74, 6) is 2.10. The standard InChI is InChI=1S/C33H31ClFN5O3/c1-38-30(40-14-13-29(41)37-33(40)42)16-36-32(38)22-9-10-23-18-39(31(21-7-8-21)25(23)15-22)17-20-5-11-24(12-6-20)43-19-26-27(34)3-2-4-28(26)35/h2-6,9-12,15-16,21,31H,7-8,13-14,17-19H2,1H3,(H,37,41,42). The fraction of sp³-hybridized carbons (Fsp3) is 0.303. The fourth-order valence-corrected chi connectivity index (χ4v) is 6.46. The number of benzene rings is 3. The van der Waals surface area contributed by atoms with E-state index in [0.29, 0.717) is 40.7 Å². The number of halogens is 2. The van der Waals surface area contributed by atoms with Gasteiger partial charge in [0.15, 0.2) is 0 Å². The van der Waals surface area contributed by atoms with Crippen LogP contribution in [0.15, 0.2) is 66.9 Å². The third-order valence-corrected chi connectivity index (χ3v) is 8.96. The van der Waals surface area contributed by atoms with Crippen molar-refractivity contribution in [2.45, 2.75) is 45.0 Å². The molecule has 0 radical (unpaired) electrons. The van der Waals surface area contributed by atoms with Crippen LogP contribution in [-0.4, -0.2) is 32.9 Å². The summed E-state index contributed by atoms with van der Waals surface area (Å²) < 4.78 is 21.9. The molecular weight excluding hydrogens is 569 g/mol. The molecule has 1 saturated heterocycles. The average molecular weight is 600 g/mol. The van der Waals surface area contributed by atoms with Crippen LogP contribution in [0.25, 0.3) is 11.4 Å². The van der Waals surface area contributed by atoms with Crippen molar-refractivity contribution in [2.75, 3.05) is 11.4 Å². The Labute approximate surface area is 254 Å². The van der Waals surface area contributed by atoms with Gasteiger partial charge in [0, 0.05) is 50.3 Å². The summed E-state index contributed by atoms with van der Waals surface area (Å²) in [6.07, 6.45) is 4.39. The first-order chi connectivity index (χ1) is 20.9. The third-order valence-electron chi connectivity index (χ3n) is 8.61. The number of rotatable bonds is 8. The van der Waals surface area contributed by atoms with E-state index >= 15 is 0 Å². The average Bonchev–Trinajstić information content (AvgIpc) is 3.66. The van der Waals surface area contributed by atoms with Crippen molar-refractivity contribution in [2.24, 2.45) is 13.0 Å². The van der Waals surface area contributed by atoms with Gasteiger partial charge in [-0.25, -0.2) is 14.2 Å². The Hall–Kier alpha value is -4.21. The van der Waals surface area contributed by atoms with Gasteiger partial charge in [-0.3, -0.25) is 19.9 Å². The maximum Gasteiger partial charge on any atom is 0.329 e. The lowest BCUT2D eigenvalue weighted by Gasteiger charge is -2.26. The molecule has 3 amide bonds. The van der Waals surface area contributed by atoms with Crippen molar-refractivity contribution < 1.29 is 18.7 Å². The van der Waals surface area contributed by atoms with E-state index in [1.165, 1.54) is 35.6 Å². The Morgan fingerprint density at radius 1 is 1.09 bits per heavy atom. The van der Waals surface area contributed by atoms with Gasteiger partial charge in [-0.15, -0.1) is 0 Å². The Balaban J connectivity index is 1.07. The van der Waals surface area contributed by atoms with Crippen LogP contribution in [0.3, 0.4) is 0 Å². The molecular formula is C33H31ClFN5O3. The Bertz CT molecular complexity index is 1700. The van der Waals surface area contributed by atoms with Crippen LogP contribution in [-0.2, 0) is 31.5 Å². The molecule has 2 aliphatic heterocycles. The molecule has 0 bridgehead atoms. The summed E-state index contributed by atoms with van der Waals surface area (Å²) >= 11 is 6.14. The summed E-state index contributed by atoms with van der Waals surface area (Å²) in [6.45, 7) is 2.08. The van der Waals surface area contributed by atoms with Crippen LogP contribution in [0.4, 0.5) is 15.0 Å². The van der Waals surface area contributed by atoms with Crippen LogP contribution in [0, 0.1) is 11.7 Å². The first kappa shape index (κ1) is 27.6. The topological polar surface area (TPSA) is 79.7 Å². The van der Waals surface area contributed by atoms with E-state index in [9.17, 15) is 14.0 Å².